The molecule has 4 nitrogen and oxygen atoms in total. The van der Waals surface area contributed by atoms with Crippen LogP contribution in [0.4, 0.5) is 0 Å². The summed E-state index contributed by atoms with van der Waals surface area (Å²) in [5, 5.41) is 13.7. The van der Waals surface area contributed by atoms with E-state index in [4.69, 9.17) is 32.7 Å². The highest BCUT2D eigenvalue weighted by molar-refractivity contribution is 9.10. The van der Waals surface area contributed by atoms with Crippen LogP contribution in [-0.2, 0) is 13.2 Å². The summed E-state index contributed by atoms with van der Waals surface area (Å²) >= 11 is 16.0. The lowest BCUT2D eigenvalue weighted by Crippen LogP contribution is -2.23. The van der Waals surface area contributed by atoms with Gasteiger partial charge in [-0.3, -0.25) is 0 Å². The zero-order valence-electron chi connectivity index (χ0n) is 14.7. The largest absolute Gasteiger partial charge is 0.490 e. The van der Waals surface area contributed by atoms with E-state index in [1.807, 2.05) is 19.1 Å². The fourth-order valence-corrected chi connectivity index (χ4v) is 3.48. The Hall–Kier alpha value is -0.980. The van der Waals surface area contributed by atoms with Gasteiger partial charge in [-0.05, 0) is 59.6 Å². The van der Waals surface area contributed by atoms with Crippen molar-refractivity contribution in [3.05, 3.63) is 56.0 Å². The molecule has 0 amide bonds. The molecule has 2 aromatic rings. The van der Waals surface area contributed by atoms with Gasteiger partial charge in [0.2, 0.25) is 0 Å². The maximum atomic E-state index is 9.35. The minimum Gasteiger partial charge on any atom is -0.490 e. The van der Waals surface area contributed by atoms with Crippen molar-refractivity contribution < 1.29 is 14.6 Å². The zero-order chi connectivity index (χ0) is 19.1. The molecule has 0 bridgehead atoms. The molecule has 0 spiro atoms. The summed E-state index contributed by atoms with van der Waals surface area (Å²) in [7, 11) is 0. The second kappa shape index (κ2) is 10.4. The number of hydrogen-bond acceptors (Lipinski definition) is 4. The third kappa shape index (κ3) is 6.03. The summed E-state index contributed by atoms with van der Waals surface area (Å²) in [6, 6.07) is 9.24. The van der Waals surface area contributed by atoms with Gasteiger partial charge in [0.25, 0.3) is 0 Å². The topological polar surface area (TPSA) is 50.7 Å². The van der Waals surface area contributed by atoms with Crippen molar-refractivity contribution in [1.29, 1.82) is 0 Å². The van der Waals surface area contributed by atoms with E-state index in [2.05, 4.69) is 21.2 Å². The molecule has 0 aliphatic heterocycles. The molecule has 2 N–H and O–H groups in total. The SMILES string of the molecule is CCOc1cc(CNCC(C)O)cc(Br)c1OCc1c(Cl)cccc1Cl. The second-order valence-electron chi connectivity index (χ2n) is 5.81. The van der Waals surface area contributed by atoms with Gasteiger partial charge < -0.3 is 19.9 Å². The van der Waals surface area contributed by atoms with Gasteiger partial charge in [0, 0.05) is 28.7 Å². The summed E-state index contributed by atoms with van der Waals surface area (Å²) in [5.74, 6) is 1.24. The fourth-order valence-electron chi connectivity index (χ4n) is 2.37. The standard InChI is InChI=1S/C19H22BrCl2NO3/c1-3-25-18-8-13(10-23-9-12(2)24)7-15(20)19(18)26-11-14-16(21)5-4-6-17(14)22/h4-8,12,23-24H,3,9-11H2,1-2H3. The third-order valence-electron chi connectivity index (χ3n) is 3.56. The number of hydrogen-bond donors (Lipinski definition) is 2. The smallest absolute Gasteiger partial charge is 0.175 e. The number of benzene rings is 2. The van der Waals surface area contributed by atoms with Gasteiger partial charge in [0.15, 0.2) is 11.5 Å². The molecule has 0 radical (unpaired) electrons. The van der Waals surface area contributed by atoms with E-state index in [0.29, 0.717) is 41.2 Å². The van der Waals surface area contributed by atoms with Gasteiger partial charge in [0.1, 0.15) is 6.61 Å². The first-order valence-electron chi connectivity index (χ1n) is 8.32. The van der Waals surface area contributed by atoms with Crippen LogP contribution in [0.25, 0.3) is 0 Å². The van der Waals surface area contributed by atoms with E-state index in [0.717, 1.165) is 15.6 Å². The number of nitrogens with one attached hydrogen (secondary N) is 1. The molecule has 0 saturated heterocycles. The van der Waals surface area contributed by atoms with Crippen molar-refractivity contribution in [2.75, 3.05) is 13.2 Å². The number of halogens is 3. The molecule has 142 valence electrons. The zero-order valence-corrected chi connectivity index (χ0v) is 17.8. The molecule has 0 saturated carbocycles. The molecule has 0 aromatic heterocycles. The van der Waals surface area contributed by atoms with Crippen LogP contribution >= 0.6 is 39.1 Å². The van der Waals surface area contributed by atoms with Gasteiger partial charge >= 0.3 is 0 Å². The Morgan fingerprint density at radius 2 is 1.88 bits per heavy atom. The molecule has 2 aromatic carbocycles. The Morgan fingerprint density at radius 3 is 2.50 bits per heavy atom. The lowest BCUT2D eigenvalue weighted by atomic mass is 10.2. The van der Waals surface area contributed by atoms with Crippen molar-refractivity contribution in [3.63, 3.8) is 0 Å². The summed E-state index contributed by atoms with van der Waals surface area (Å²) < 4.78 is 12.5. The van der Waals surface area contributed by atoms with Crippen LogP contribution in [0.1, 0.15) is 25.0 Å². The molecule has 7 heteroatoms. The first kappa shape index (κ1) is 21.3. The summed E-state index contributed by atoms with van der Waals surface area (Å²) in [6.07, 6.45) is -0.396. The van der Waals surface area contributed by atoms with Gasteiger partial charge in [-0.2, -0.15) is 0 Å². The Morgan fingerprint density at radius 1 is 1.19 bits per heavy atom. The first-order valence-corrected chi connectivity index (χ1v) is 9.87. The predicted octanol–water partition coefficient (Wildman–Crippen LogP) is 5.20. The van der Waals surface area contributed by atoms with Crippen LogP contribution in [0, 0.1) is 0 Å². The molecule has 1 unspecified atom stereocenters. The van der Waals surface area contributed by atoms with Crippen molar-refractivity contribution in [3.8, 4) is 11.5 Å². The van der Waals surface area contributed by atoms with Crippen LogP contribution < -0.4 is 14.8 Å². The number of aliphatic hydroxyl groups excluding tert-OH is 1. The Balaban J connectivity index is 2.18. The Labute approximate surface area is 172 Å². The van der Waals surface area contributed by atoms with Gasteiger partial charge in [-0.15, -0.1) is 0 Å². The molecule has 0 aliphatic rings. The third-order valence-corrected chi connectivity index (χ3v) is 4.86. The van der Waals surface area contributed by atoms with Gasteiger partial charge in [-0.1, -0.05) is 29.3 Å². The molecule has 0 aliphatic carbocycles. The molecule has 26 heavy (non-hydrogen) atoms. The van der Waals surface area contributed by atoms with Gasteiger partial charge in [0.05, 0.1) is 17.2 Å². The molecule has 0 heterocycles. The molecule has 1 atom stereocenters. The first-order chi connectivity index (χ1) is 12.4. The number of rotatable bonds is 9. The van der Waals surface area contributed by atoms with E-state index < -0.39 is 6.10 Å². The quantitative estimate of drug-likeness (QED) is 0.537. The number of aliphatic hydroxyl groups is 1. The average Bonchev–Trinajstić information content (AvgIpc) is 2.56. The fraction of sp³-hybridized carbons (Fsp3) is 0.368. The summed E-state index contributed by atoms with van der Waals surface area (Å²) in [6.45, 7) is 5.54. The molecular weight excluding hydrogens is 441 g/mol. The van der Waals surface area contributed by atoms with Crippen molar-refractivity contribution >= 4 is 39.1 Å². The lowest BCUT2D eigenvalue weighted by molar-refractivity contribution is 0.191. The molecular formula is C19H22BrCl2NO3. The van der Waals surface area contributed by atoms with E-state index in [1.54, 1.807) is 25.1 Å². The highest BCUT2D eigenvalue weighted by Gasteiger charge is 2.14. The summed E-state index contributed by atoms with van der Waals surface area (Å²) in [4.78, 5) is 0. The maximum absolute atomic E-state index is 9.35. The van der Waals surface area contributed by atoms with E-state index in [-0.39, 0.29) is 6.61 Å². The normalized spacial score (nSPS) is 12.1. The van der Waals surface area contributed by atoms with Gasteiger partial charge in [-0.25, -0.2) is 0 Å². The number of ether oxygens (including phenoxy) is 2. The van der Waals surface area contributed by atoms with Crippen molar-refractivity contribution in [2.45, 2.75) is 33.1 Å². The molecule has 2 rings (SSSR count). The Kier molecular flexibility index (Phi) is 8.51. The van der Waals surface area contributed by atoms with Crippen molar-refractivity contribution in [2.24, 2.45) is 0 Å². The Bertz CT molecular complexity index is 721. The monoisotopic (exact) mass is 461 g/mol. The minimum absolute atomic E-state index is 0.233. The highest BCUT2D eigenvalue weighted by Crippen LogP contribution is 2.38. The van der Waals surface area contributed by atoms with Crippen LogP contribution in [-0.4, -0.2) is 24.4 Å². The summed E-state index contributed by atoms with van der Waals surface area (Å²) in [5.41, 5.74) is 1.75. The highest BCUT2D eigenvalue weighted by atomic mass is 79.9. The van der Waals surface area contributed by atoms with Crippen LogP contribution in [0.15, 0.2) is 34.8 Å². The van der Waals surface area contributed by atoms with E-state index in [9.17, 15) is 5.11 Å². The average molecular weight is 463 g/mol. The maximum Gasteiger partial charge on any atom is 0.175 e. The van der Waals surface area contributed by atoms with Crippen LogP contribution in [0.3, 0.4) is 0 Å². The van der Waals surface area contributed by atoms with Crippen LogP contribution in [0.2, 0.25) is 10.0 Å². The molecule has 0 fully saturated rings. The minimum atomic E-state index is -0.396. The second-order valence-corrected chi connectivity index (χ2v) is 7.48. The van der Waals surface area contributed by atoms with E-state index in [1.165, 1.54) is 0 Å². The van der Waals surface area contributed by atoms with Crippen molar-refractivity contribution in [1.82, 2.24) is 5.32 Å². The van der Waals surface area contributed by atoms with Crippen LogP contribution in [0.5, 0.6) is 11.5 Å². The van der Waals surface area contributed by atoms with E-state index >= 15 is 0 Å². The lowest BCUT2D eigenvalue weighted by Gasteiger charge is -2.17. The predicted molar refractivity (Wildman–Crippen MR) is 109 cm³/mol.